The first-order chi connectivity index (χ1) is 16.8. The Bertz CT molecular complexity index is 1470. The summed E-state index contributed by atoms with van der Waals surface area (Å²) >= 11 is 1.22. The number of benzene rings is 3. The van der Waals surface area contributed by atoms with Gasteiger partial charge in [0.2, 0.25) is 10.0 Å². The van der Waals surface area contributed by atoms with Crippen LogP contribution in [0.15, 0.2) is 77.7 Å². The number of thiazole rings is 1. The molecule has 0 bridgehead atoms. The molecule has 0 spiro atoms. The van der Waals surface area contributed by atoms with Gasteiger partial charge in [-0.05, 0) is 48.0 Å². The number of rotatable bonds is 8. The number of nitrogens with one attached hydrogen (secondary N) is 1. The third kappa shape index (κ3) is 5.40. The van der Waals surface area contributed by atoms with E-state index in [0.29, 0.717) is 28.3 Å². The third-order valence-corrected chi connectivity index (χ3v) is 8.21. The fourth-order valence-electron chi connectivity index (χ4n) is 3.47. The number of carbonyl (C=O) groups is 2. The van der Waals surface area contributed by atoms with Crippen molar-refractivity contribution in [2.75, 3.05) is 19.0 Å². The van der Waals surface area contributed by atoms with Crippen LogP contribution in [-0.4, -0.2) is 43.2 Å². The molecule has 0 aliphatic heterocycles. The van der Waals surface area contributed by atoms with Gasteiger partial charge in [-0.1, -0.05) is 48.6 Å². The number of anilines is 1. The maximum atomic E-state index is 13.1. The molecular weight excluding hydrogens is 486 g/mol. The number of hydrogen-bond acceptors (Lipinski definition) is 7. The van der Waals surface area contributed by atoms with Crippen LogP contribution >= 0.6 is 11.3 Å². The lowest BCUT2D eigenvalue weighted by atomic mass is 10.2. The van der Waals surface area contributed by atoms with Crippen LogP contribution in [0.2, 0.25) is 0 Å². The number of esters is 1. The maximum Gasteiger partial charge on any atom is 0.337 e. The van der Waals surface area contributed by atoms with Gasteiger partial charge < -0.3 is 4.74 Å². The monoisotopic (exact) mass is 509 g/mol. The SMILES string of the molecule is CCN(Cc1ccccc1)S(=O)(=O)c1ccc(C(=O)Nc2nc3ccc(C(=O)OC)cc3s2)cc1. The number of methoxy groups -OCH3 is 1. The van der Waals surface area contributed by atoms with Crippen LogP contribution in [0.4, 0.5) is 5.13 Å². The molecule has 0 unspecified atom stereocenters. The van der Waals surface area contributed by atoms with Crippen molar-refractivity contribution in [2.45, 2.75) is 18.4 Å². The Hall–Kier alpha value is -3.60. The summed E-state index contributed by atoms with van der Waals surface area (Å²) in [6.07, 6.45) is 0. The van der Waals surface area contributed by atoms with E-state index in [2.05, 4.69) is 10.3 Å². The van der Waals surface area contributed by atoms with Gasteiger partial charge in [0, 0.05) is 18.7 Å². The molecule has 1 amide bonds. The van der Waals surface area contributed by atoms with Gasteiger partial charge in [-0.15, -0.1) is 0 Å². The van der Waals surface area contributed by atoms with Gasteiger partial charge in [0.25, 0.3) is 5.91 Å². The molecule has 0 saturated heterocycles. The molecule has 1 N–H and O–H groups in total. The van der Waals surface area contributed by atoms with Crippen molar-refractivity contribution in [3.8, 4) is 0 Å². The minimum absolute atomic E-state index is 0.113. The molecule has 0 saturated carbocycles. The van der Waals surface area contributed by atoms with Crippen molar-refractivity contribution in [1.29, 1.82) is 0 Å². The van der Waals surface area contributed by atoms with Crippen LogP contribution in [0.25, 0.3) is 10.2 Å². The summed E-state index contributed by atoms with van der Waals surface area (Å²) in [5.41, 5.74) is 2.22. The van der Waals surface area contributed by atoms with E-state index in [1.54, 1.807) is 25.1 Å². The minimum Gasteiger partial charge on any atom is -0.465 e. The highest BCUT2D eigenvalue weighted by Crippen LogP contribution is 2.28. The van der Waals surface area contributed by atoms with Crippen LogP contribution in [0.1, 0.15) is 33.2 Å². The molecule has 3 aromatic carbocycles. The van der Waals surface area contributed by atoms with E-state index >= 15 is 0 Å². The molecule has 10 heteroatoms. The molecular formula is C25H23N3O5S2. The van der Waals surface area contributed by atoms with Gasteiger partial charge >= 0.3 is 5.97 Å². The number of sulfonamides is 1. The standard InChI is InChI=1S/C25H23N3O5S2/c1-3-28(16-17-7-5-4-6-8-17)35(31,32)20-12-9-18(10-13-20)23(29)27-25-26-21-14-11-19(24(30)33-2)15-22(21)34-25/h4-15H,3,16H2,1-2H3,(H,26,27,29). The van der Waals surface area contributed by atoms with Gasteiger partial charge in [-0.25, -0.2) is 18.2 Å². The van der Waals surface area contributed by atoms with Crippen LogP contribution in [0, 0.1) is 0 Å². The lowest BCUT2D eigenvalue weighted by molar-refractivity contribution is 0.0600. The summed E-state index contributed by atoms with van der Waals surface area (Å²) in [5.74, 6) is -0.871. The molecule has 180 valence electrons. The largest absolute Gasteiger partial charge is 0.465 e. The lowest BCUT2D eigenvalue weighted by Crippen LogP contribution is -2.30. The smallest absolute Gasteiger partial charge is 0.337 e. The van der Waals surface area contributed by atoms with E-state index in [1.807, 2.05) is 30.3 Å². The Balaban J connectivity index is 1.49. The molecule has 0 atom stereocenters. The zero-order valence-electron chi connectivity index (χ0n) is 19.1. The first-order valence-corrected chi connectivity index (χ1v) is 13.0. The average molecular weight is 510 g/mol. The summed E-state index contributed by atoms with van der Waals surface area (Å²) in [5, 5.41) is 3.09. The lowest BCUT2D eigenvalue weighted by Gasteiger charge is -2.20. The second kappa shape index (κ2) is 10.3. The predicted octanol–water partition coefficient (Wildman–Crippen LogP) is 4.55. The van der Waals surface area contributed by atoms with Gasteiger partial charge in [0.15, 0.2) is 5.13 Å². The number of aromatic nitrogens is 1. The zero-order valence-corrected chi connectivity index (χ0v) is 20.7. The summed E-state index contributed by atoms with van der Waals surface area (Å²) in [7, 11) is -2.42. The highest BCUT2D eigenvalue weighted by atomic mass is 32.2. The number of carbonyl (C=O) groups excluding carboxylic acids is 2. The fraction of sp³-hybridized carbons (Fsp3) is 0.160. The number of hydrogen-bond donors (Lipinski definition) is 1. The van der Waals surface area contributed by atoms with Crippen LogP contribution in [0.5, 0.6) is 0 Å². The summed E-state index contributed by atoms with van der Waals surface area (Å²) in [6, 6.07) is 20.1. The van der Waals surface area contributed by atoms with Crippen molar-refractivity contribution in [2.24, 2.45) is 0 Å². The number of amides is 1. The fourth-order valence-corrected chi connectivity index (χ4v) is 5.81. The Labute approximate surface area is 207 Å². The van der Waals surface area contributed by atoms with E-state index in [4.69, 9.17) is 4.74 Å². The van der Waals surface area contributed by atoms with Gasteiger partial charge in [0.05, 0.1) is 27.8 Å². The summed E-state index contributed by atoms with van der Waals surface area (Å²) < 4.78 is 33.1. The third-order valence-electron chi connectivity index (χ3n) is 5.34. The first kappa shape index (κ1) is 24.5. The Morgan fingerprint density at radius 3 is 2.34 bits per heavy atom. The molecule has 35 heavy (non-hydrogen) atoms. The highest BCUT2D eigenvalue weighted by molar-refractivity contribution is 7.89. The predicted molar refractivity (Wildman–Crippen MR) is 135 cm³/mol. The minimum atomic E-state index is -3.73. The summed E-state index contributed by atoms with van der Waals surface area (Å²) in [6.45, 7) is 2.36. The van der Waals surface area contributed by atoms with E-state index < -0.39 is 21.9 Å². The molecule has 8 nitrogen and oxygen atoms in total. The van der Waals surface area contributed by atoms with Crippen molar-refractivity contribution >= 4 is 48.6 Å². The van der Waals surface area contributed by atoms with E-state index in [-0.39, 0.29) is 11.4 Å². The number of nitrogens with zero attached hydrogens (tertiary/aromatic N) is 2. The van der Waals surface area contributed by atoms with Gasteiger partial charge in [0.1, 0.15) is 0 Å². The molecule has 0 radical (unpaired) electrons. The molecule has 0 aliphatic rings. The van der Waals surface area contributed by atoms with E-state index in [0.717, 1.165) is 10.3 Å². The Morgan fingerprint density at radius 1 is 1.00 bits per heavy atom. The van der Waals surface area contributed by atoms with Crippen molar-refractivity contribution in [3.63, 3.8) is 0 Å². The van der Waals surface area contributed by atoms with Crippen molar-refractivity contribution in [1.82, 2.24) is 9.29 Å². The average Bonchev–Trinajstić information content (AvgIpc) is 3.28. The summed E-state index contributed by atoms with van der Waals surface area (Å²) in [4.78, 5) is 28.9. The zero-order chi connectivity index (χ0) is 25.0. The van der Waals surface area contributed by atoms with E-state index in [9.17, 15) is 18.0 Å². The van der Waals surface area contributed by atoms with Gasteiger partial charge in [-0.2, -0.15) is 4.31 Å². The molecule has 4 rings (SSSR count). The normalized spacial score (nSPS) is 11.5. The topological polar surface area (TPSA) is 106 Å². The van der Waals surface area contributed by atoms with Crippen LogP contribution in [0.3, 0.4) is 0 Å². The van der Waals surface area contributed by atoms with Crippen molar-refractivity contribution in [3.05, 3.63) is 89.5 Å². The highest BCUT2D eigenvalue weighted by Gasteiger charge is 2.23. The van der Waals surface area contributed by atoms with Gasteiger partial charge in [-0.3, -0.25) is 10.1 Å². The van der Waals surface area contributed by atoms with Crippen LogP contribution in [-0.2, 0) is 21.3 Å². The number of ether oxygens (including phenoxy) is 1. The second-order valence-corrected chi connectivity index (χ2v) is 10.6. The van der Waals surface area contributed by atoms with Crippen molar-refractivity contribution < 1.29 is 22.7 Å². The van der Waals surface area contributed by atoms with E-state index in [1.165, 1.54) is 47.0 Å². The maximum absolute atomic E-state index is 13.1. The number of fused-ring (bicyclic) bond motifs is 1. The Kier molecular flexibility index (Phi) is 7.25. The first-order valence-electron chi connectivity index (χ1n) is 10.8. The molecule has 0 fully saturated rings. The Morgan fingerprint density at radius 2 is 1.69 bits per heavy atom. The molecule has 1 heterocycles. The molecule has 1 aromatic heterocycles. The van der Waals surface area contributed by atoms with Crippen LogP contribution < -0.4 is 5.32 Å². The molecule has 4 aromatic rings. The molecule has 0 aliphatic carbocycles. The quantitative estimate of drug-likeness (QED) is 0.350. The second-order valence-electron chi connectivity index (χ2n) is 7.59.